The molecule has 1 heterocycles. The lowest BCUT2D eigenvalue weighted by molar-refractivity contribution is -0.121. The molecular weight excluding hydrogens is 491 g/mol. The molecule has 0 aliphatic carbocycles. The molecule has 0 aromatic heterocycles. The summed E-state index contributed by atoms with van der Waals surface area (Å²) in [6.45, 7) is -0.0825. The van der Waals surface area contributed by atoms with E-state index >= 15 is 0 Å². The van der Waals surface area contributed by atoms with Crippen LogP contribution in [0.2, 0.25) is 10.0 Å². The molecule has 0 saturated carbocycles. The third-order valence-electron chi connectivity index (χ3n) is 5.51. The highest BCUT2D eigenvalue weighted by Gasteiger charge is 2.39. The predicted molar refractivity (Wildman–Crippen MR) is 132 cm³/mol. The Morgan fingerprint density at radius 2 is 1.57 bits per heavy atom. The number of amides is 2. The Balaban J connectivity index is 1.35. The number of carbonyl (C=O) groups is 4. The van der Waals surface area contributed by atoms with Crippen LogP contribution >= 0.6 is 23.2 Å². The van der Waals surface area contributed by atoms with Gasteiger partial charge in [0, 0.05) is 22.2 Å². The number of ketones is 1. The van der Waals surface area contributed by atoms with E-state index in [1.165, 1.54) is 24.3 Å². The van der Waals surface area contributed by atoms with Gasteiger partial charge < -0.3 is 10.1 Å². The van der Waals surface area contributed by atoms with E-state index < -0.39 is 18.6 Å². The second kappa shape index (κ2) is 10.8. The maximum Gasteiger partial charge on any atom is 0.338 e. The number of esters is 1. The molecule has 7 nitrogen and oxygen atoms in total. The number of nitrogens with one attached hydrogen (secondary N) is 1. The fourth-order valence-corrected chi connectivity index (χ4v) is 3.95. The topological polar surface area (TPSA) is 92.8 Å². The van der Waals surface area contributed by atoms with Gasteiger partial charge in [0.2, 0.25) is 5.91 Å². The van der Waals surface area contributed by atoms with Crippen molar-refractivity contribution in [2.24, 2.45) is 0 Å². The standard InChI is InChI=1S/C26H20Cl2N2O5/c27-19-9-5-16(6-10-19)23(31)15-35-26(34)17-7-11-20(12-8-17)30-24(32)13-22(25(30)33)29-14-18-3-1-2-4-21(18)28/h1-12,22,29H,13-15H2. The van der Waals surface area contributed by atoms with Gasteiger partial charge >= 0.3 is 5.97 Å². The summed E-state index contributed by atoms with van der Waals surface area (Å²) in [6, 6.07) is 18.7. The van der Waals surface area contributed by atoms with Crippen LogP contribution in [0.5, 0.6) is 0 Å². The minimum atomic E-state index is -0.697. The van der Waals surface area contributed by atoms with Gasteiger partial charge in [-0.3, -0.25) is 14.4 Å². The molecule has 4 rings (SSSR count). The summed E-state index contributed by atoms with van der Waals surface area (Å²) in [7, 11) is 0. The first-order valence-corrected chi connectivity index (χ1v) is 11.5. The van der Waals surface area contributed by atoms with Crippen molar-refractivity contribution in [3.05, 3.63) is 99.5 Å². The molecule has 1 unspecified atom stereocenters. The normalized spacial score (nSPS) is 15.4. The number of carbonyl (C=O) groups excluding carboxylic acids is 4. The zero-order valence-corrected chi connectivity index (χ0v) is 19.9. The number of ether oxygens (including phenoxy) is 1. The van der Waals surface area contributed by atoms with Crippen LogP contribution in [0.25, 0.3) is 0 Å². The average molecular weight is 511 g/mol. The van der Waals surface area contributed by atoms with Crippen LogP contribution < -0.4 is 10.2 Å². The molecule has 1 aliphatic heterocycles. The van der Waals surface area contributed by atoms with Crippen molar-refractivity contribution in [3.8, 4) is 0 Å². The van der Waals surface area contributed by atoms with Crippen LogP contribution in [-0.2, 0) is 20.9 Å². The average Bonchev–Trinajstić information content (AvgIpc) is 3.15. The number of anilines is 1. The number of hydrogen-bond acceptors (Lipinski definition) is 6. The van der Waals surface area contributed by atoms with E-state index in [0.29, 0.717) is 27.8 Å². The number of nitrogens with zero attached hydrogens (tertiary/aromatic N) is 1. The first-order chi connectivity index (χ1) is 16.8. The van der Waals surface area contributed by atoms with Crippen LogP contribution in [-0.4, -0.2) is 36.2 Å². The lowest BCUT2D eigenvalue weighted by Gasteiger charge is -2.16. The van der Waals surface area contributed by atoms with Crippen LogP contribution in [0, 0.1) is 0 Å². The SMILES string of the molecule is O=C(COC(=O)c1ccc(N2C(=O)CC(NCc3ccccc3Cl)C2=O)cc1)c1ccc(Cl)cc1. The van der Waals surface area contributed by atoms with Crippen molar-refractivity contribution in [2.75, 3.05) is 11.5 Å². The van der Waals surface area contributed by atoms with E-state index in [-0.39, 0.29) is 29.6 Å². The Morgan fingerprint density at radius 3 is 2.26 bits per heavy atom. The molecule has 1 N–H and O–H groups in total. The predicted octanol–water partition coefficient (Wildman–Crippen LogP) is 4.45. The second-order valence-corrected chi connectivity index (χ2v) is 8.69. The molecule has 3 aromatic rings. The highest BCUT2D eigenvalue weighted by Crippen LogP contribution is 2.24. The van der Waals surface area contributed by atoms with Crippen LogP contribution in [0.1, 0.15) is 32.7 Å². The summed E-state index contributed by atoms with van der Waals surface area (Å²) in [5.41, 5.74) is 1.73. The van der Waals surface area contributed by atoms with E-state index in [9.17, 15) is 19.2 Å². The first-order valence-electron chi connectivity index (χ1n) is 10.7. The van der Waals surface area contributed by atoms with Crippen molar-refractivity contribution in [1.82, 2.24) is 5.32 Å². The molecule has 178 valence electrons. The van der Waals surface area contributed by atoms with E-state index in [2.05, 4.69) is 5.32 Å². The maximum atomic E-state index is 12.8. The van der Waals surface area contributed by atoms with Crippen molar-refractivity contribution in [3.63, 3.8) is 0 Å². The van der Waals surface area contributed by atoms with Crippen molar-refractivity contribution >= 4 is 52.5 Å². The molecule has 2 amide bonds. The highest BCUT2D eigenvalue weighted by molar-refractivity contribution is 6.31. The van der Waals surface area contributed by atoms with Gasteiger partial charge in [-0.1, -0.05) is 41.4 Å². The van der Waals surface area contributed by atoms with Gasteiger partial charge in [0.25, 0.3) is 5.91 Å². The van der Waals surface area contributed by atoms with Gasteiger partial charge in [-0.25, -0.2) is 9.69 Å². The van der Waals surface area contributed by atoms with E-state index in [1.807, 2.05) is 18.2 Å². The number of hydrogen-bond donors (Lipinski definition) is 1. The Labute approximate surface area is 211 Å². The first kappa shape index (κ1) is 24.6. The van der Waals surface area contributed by atoms with Crippen molar-refractivity contribution in [2.45, 2.75) is 19.0 Å². The summed E-state index contributed by atoms with van der Waals surface area (Å²) < 4.78 is 5.09. The lowest BCUT2D eigenvalue weighted by Crippen LogP contribution is -2.38. The molecule has 1 saturated heterocycles. The molecule has 35 heavy (non-hydrogen) atoms. The fraction of sp³-hybridized carbons (Fsp3) is 0.154. The van der Waals surface area contributed by atoms with Gasteiger partial charge in [0.05, 0.1) is 23.7 Å². The summed E-state index contributed by atoms with van der Waals surface area (Å²) in [4.78, 5) is 51.0. The zero-order valence-electron chi connectivity index (χ0n) is 18.4. The maximum absolute atomic E-state index is 12.8. The Kier molecular flexibility index (Phi) is 7.60. The highest BCUT2D eigenvalue weighted by atomic mass is 35.5. The van der Waals surface area contributed by atoms with Gasteiger partial charge in [-0.05, 0) is 60.2 Å². The monoisotopic (exact) mass is 510 g/mol. The minimum absolute atomic E-state index is 0.0138. The van der Waals surface area contributed by atoms with E-state index in [4.69, 9.17) is 27.9 Å². The number of halogens is 2. The van der Waals surface area contributed by atoms with E-state index in [0.717, 1.165) is 10.5 Å². The number of imide groups is 1. The van der Waals surface area contributed by atoms with E-state index in [1.54, 1.807) is 30.3 Å². The third-order valence-corrected chi connectivity index (χ3v) is 6.13. The van der Waals surface area contributed by atoms with Gasteiger partial charge in [-0.2, -0.15) is 0 Å². The molecule has 1 fully saturated rings. The Bertz CT molecular complexity index is 1280. The smallest absolute Gasteiger partial charge is 0.338 e. The molecule has 0 radical (unpaired) electrons. The Hall–Kier alpha value is -3.52. The van der Waals surface area contributed by atoms with Gasteiger partial charge in [-0.15, -0.1) is 0 Å². The summed E-state index contributed by atoms with van der Waals surface area (Å²) in [5, 5.41) is 4.15. The van der Waals surface area contributed by atoms with Crippen molar-refractivity contribution in [1.29, 1.82) is 0 Å². The van der Waals surface area contributed by atoms with Crippen LogP contribution in [0.15, 0.2) is 72.8 Å². The third kappa shape index (κ3) is 5.77. The molecule has 1 aliphatic rings. The molecule has 1 atom stereocenters. The summed E-state index contributed by atoms with van der Waals surface area (Å²) >= 11 is 12.0. The fourth-order valence-electron chi connectivity index (χ4n) is 3.62. The number of Topliss-reactive ketones (excluding diaryl/α,β-unsaturated/α-hetero) is 1. The molecule has 9 heteroatoms. The Morgan fingerprint density at radius 1 is 0.914 bits per heavy atom. The van der Waals surface area contributed by atoms with Crippen LogP contribution in [0.3, 0.4) is 0 Å². The van der Waals surface area contributed by atoms with Gasteiger partial charge in [0.15, 0.2) is 12.4 Å². The lowest BCUT2D eigenvalue weighted by atomic mass is 10.1. The van der Waals surface area contributed by atoms with Crippen LogP contribution in [0.4, 0.5) is 5.69 Å². The quantitative estimate of drug-likeness (QED) is 0.273. The summed E-state index contributed by atoms with van der Waals surface area (Å²) in [6.07, 6.45) is 0.0138. The van der Waals surface area contributed by atoms with Gasteiger partial charge in [0.1, 0.15) is 0 Å². The number of benzene rings is 3. The number of rotatable bonds is 8. The zero-order chi connectivity index (χ0) is 24.9. The molecule has 0 spiro atoms. The largest absolute Gasteiger partial charge is 0.454 e. The molecular formula is C26H20Cl2N2O5. The summed E-state index contributed by atoms with van der Waals surface area (Å²) in [5.74, 6) is -1.80. The molecule has 0 bridgehead atoms. The van der Waals surface area contributed by atoms with Crippen molar-refractivity contribution < 1.29 is 23.9 Å². The minimum Gasteiger partial charge on any atom is -0.454 e. The second-order valence-electron chi connectivity index (χ2n) is 7.85. The molecule has 3 aromatic carbocycles.